The lowest BCUT2D eigenvalue weighted by molar-refractivity contribution is -0.156. The molecule has 0 aromatic carbocycles. The van der Waals surface area contributed by atoms with E-state index >= 15 is 0 Å². The summed E-state index contributed by atoms with van der Waals surface area (Å²) < 4.78 is 14.7. The van der Waals surface area contributed by atoms with E-state index in [-0.39, 0.29) is 38.1 Å². The van der Waals surface area contributed by atoms with Gasteiger partial charge in [0.05, 0.1) is 18.9 Å². The molecule has 158 valence electrons. The first-order valence-electron chi connectivity index (χ1n) is 9.54. The lowest BCUT2D eigenvalue weighted by Gasteiger charge is -2.18. The standard InChI is InChI=1S/C19H34O8/c1-4-15(19(24)25-3)11-14(2)18(23)27-13-16(21)12-26-17(22)9-7-5-6-8-10-20/h14-16,20-21H,4-13H2,1-3H3. The molecule has 0 fully saturated rings. The summed E-state index contributed by atoms with van der Waals surface area (Å²) in [6, 6.07) is 0. The van der Waals surface area contributed by atoms with Gasteiger partial charge in [-0.1, -0.05) is 26.7 Å². The van der Waals surface area contributed by atoms with Gasteiger partial charge in [-0.15, -0.1) is 0 Å². The average molecular weight is 390 g/mol. The summed E-state index contributed by atoms with van der Waals surface area (Å²) in [6.45, 7) is 3.12. The molecule has 0 aliphatic rings. The van der Waals surface area contributed by atoms with Crippen LogP contribution in [0.3, 0.4) is 0 Å². The zero-order valence-electron chi connectivity index (χ0n) is 16.6. The number of hydrogen-bond donors (Lipinski definition) is 2. The minimum atomic E-state index is -1.10. The van der Waals surface area contributed by atoms with Crippen LogP contribution >= 0.6 is 0 Å². The molecule has 0 aromatic rings. The van der Waals surface area contributed by atoms with Crippen molar-refractivity contribution in [1.29, 1.82) is 0 Å². The molecule has 0 saturated heterocycles. The second-order valence-electron chi connectivity index (χ2n) is 6.62. The zero-order chi connectivity index (χ0) is 20.7. The summed E-state index contributed by atoms with van der Waals surface area (Å²) in [5, 5.41) is 18.4. The Morgan fingerprint density at radius 1 is 0.963 bits per heavy atom. The minimum absolute atomic E-state index is 0.149. The summed E-state index contributed by atoms with van der Waals surface area (Å²) in [5.41, 5.74) is 0. The third-order valence-electron chi connectivity index (χ3n) is 4.21. The van der Waals surface area contributed by atoms with E-state index in [1.165, 1.54) is 7.11 Å². The van der Waals surface area contributed by atoms with Crippen molar-refractivity contribution in [2.75, 3.05) is 26.9 Å². The molecule has 0 radical (unpaired) electrons. The van der Waals surface area contributed by atoms with Crippen molar-refractivity contribution in [3.05, 3.63) is 0 Å². The first-order chi connectivity index (χ1) is 12.8. The van der Waals surface area contributed by atoms with Crippen molar-refractivity contribution in [2.45, 2.75) is 64.9 Å². The molecule has 0 aliphatic carbocycles. The lowest BCUT2D eigenvalue weighted by atomic mass is 9.94. The molecular formula is C19H34O8. The topological polar surface area (TPSA) is 119 Å². The number of esters is 3. The van der Waals surface area contributed by atoms with Crippen molar-refractivity contribution in [3.63, 3.8) is 0 Å². The van der Waals surface area contributed by atoms with Gasteiger partial charge in [0.15, 0.2) is 0 Å². The van der Waals surface area contributed by atoms with E-state index in [1.807, 2.05) is 6.92 Å². The fourth-order valence-corrected chi connectivity index (χ4v) is 2.48. The van der Waals surface area contributed by atoms with Crippen LogP contribution in [0.1, 0.15) is 58.8 Å². The van der Waals surface area contributed by atoms with Gasteiger partial charge in [-0.05, 0) is 25.7 Å². The van der Waals surface area contributed by atoms with Gasteiger partial charge in [0.2, 0.25) is 0 Å². The maximum atomic E-state index is 12.0. The minimum Gasteiger partial charge on any atom is -0.469 e. The maximum absolute atomic E-state index is 12.0. The highest BCUT2D eigenvalue weighted by Gasteiger charge is 2.25. The molecule has 0 bridgehead atoms. The Morgan fingerprint density at radius 2 is 1.59 bits per heavy atom. The first kappa shape index (κ1) is 25.3. The normalized spacial score (nSPS) is 14.1. The second kappa shape index (κ2) is 15.4. The van der Waals surface area contributed by atoms with E-state index < -0.39 is 24.0 Å². The Balaban J connectivity index is 3.98. The Kier molecular flexibility index (Phi) is 14.4. The Morgan fingerprint density at radius 3 is 2.19 bits per heavy atom. The quantitative estimate of drug-likeness (QED) is 0.246. The van der Waals surface area contributed by atoms with E-state index in [9.17, 15) is 19.5 Å². The second-order valence-corrected chi connectivity index (χ2v) is 6.62. The number of unbranched alkanes of at least 4 members (excludes halogenated alkanes) is 3. The molecule has 3 unspecified atom stereocenters. The van der Waals surface area contributed by atoms with E-state index in [2.05, 4.69) is 0 Å². The lowest BCUT2D eigenvalue weighted by Crippen LogP contribution is -2.28. The van der Waals surface area contributed by atoms with Gasteiger partial charge in [0.1, 0.15) is 19.3 Å². The van der Waals surface area contributed by atoms with Crippen molar-refractivity contribution in [3.8, 4) is 0 Å². The van der Waals surface area contributed by atoms with Gasteiger partial charge < -0.3 is 24.4 Å². The fourth-order valence-electron chi connectivity index (χ4n) is 2.48. The molecule has 3 atom stereocenters. The van der Waals surface area contributed by atoms with Crippen molar-refractivity contribution in [1.82, 2.24) is 0 Å². The predicted molar refractivity (Wildman–Crippen MR) is 97.7 cm³/mol. The third-order valence-corrected chi connectivity index (χ3v) is 4.21. The van der Waals surface area contributed by atoms with E-state index in [0.29, 0.717) is 19.3 Å². The highest BCUT2D eigenvalue weighted by molar-refractivity contribution is 5.75. The van der Waals surface area contributed by atoms with Crippen LogP contribution in [0.5, 0.6) is 0 Å². The Labute approximate surface area is 161 Å². The van der Waals surface area contributed by atoms with Crippen molar-refractivity contribution in [2.24, 2.45) is 11.8 Å². The largest absolute Gasteiger partial charge is 0.469 e. The summed E-state index contributed by atoms with van der Waals surface area (Å²) in [5.74, 6) is -2.18. The number of aliphatic hydroxyl groups excluding tert-OH is 2. The van der Waals surface area contributed by atoms with Gasteiger partial charge in [-0.3, -0.25) is 14.4 Å². The van der Waals surface area contributed by atoms with Crippen LogP contribution < -0.4 is 0 Å². The number of hydrogen-bond acceptors (Lipinski definition) is 8. The van der Waals surface area contributed by atoms with E-state index in [4.69, 9.17) is 19.3 Å². The molecule has 8 heteroatoms. The van der Waals surface area contributed by atoms with E-state index in [1.54, 1.807) is 6.92 Å². The van der Waals surface area contributed by atoms with Crippen LogP contribution in [0.25, 0.3) is 0 Å². The van der Waals surface area contributed by atoms with Gasteiger partial charge in [0.25, 0.3) is 0 Å². The van der Waals surface area contributed by atoms with Gasteiger partial charge in [-0.2, -0.15) is 0 Å². The van der Waals surface area contributed by atoms with Crippen molar-refractivity contribution < 1.29 is 38.8 Å². The number of ether oxygens (including phenoxy) is 3. The van der Waals surface area contributed by atoms with Crippen LogP contribution in [-0.2, 0) is 28.6 Å². The Hall–Kier alpha value is -1.67. The first-order valence-corrected chi connectivity index (χ1v) is 9.54. The number of carbonyl (C=O) groups excluding carboxylic acids is 3. The summed E-state index contributed by atoms with van der Waals surface area (Å²) >= 11 is 0. The molecule has 0 aromatic heterocycles. The number of rotatable bonds is 15. The number of methoxy groups -OCH3 is 1. The molecule has 0 heterocycles. The third kappa shape index (κ3) is 12.4. The smallest absolute Gasteiger partial charge is 0.308 e. The molecule has 0 aliphatic heterocycles. The maximum Gasteiger partial charge on any atom is 0.308 e. The molecule has 0 amide bonds. The molecule has 0 saturated carbocycles. The molecule has 27 heavy (non-hydrogen) atoms. The SMILES string of the molecule is CCC(CC(C)C(=O)OCC(O)COC(=O)CCCCCCO)C(=O)OC. The fraction of sp³-hybridized carbons (Fsp3) is 0.842. The van der Waals surface area contributed by atoms with Crippen LogP contribution in [0, 0.1) is 11.8 Å². The summed E-state index contributed by atoms with van der Waals surface area (Å²) in [7, 11) is 1.31. The zero-order valence-corrected chi connectivity index (χ0v) is 16.6. The molecule has 0 rings (SSSR count). The van der Waals surface area contributed by atoms with Crippen LogP contribution in [-0.4, -0.2) is 61.2 Å². The summed E-state index contributed by atoms with van der Waals surface area (Å²) in [6.07, 6.45) is 3.10. The van der Waals surface area contributed by atoms with Crippen LogP contribution in [0.2, 0.25) is 0 Å². The van der Waals surface area contributed by atoms with E-state index in [0.717, 1.165) is 19.3 Å². The highest BCUT2D eigenvalue weighted by Crippen LogP contribution is 2.18. The van der Waals surface area contributed by atoms with Gasteiger partial charge in [-0.25, -0.2) is 0 Å². The molecule has 2 N–H and O–H groups in total. The van der Waals surface area contributed by atoms with Gasteiger partial charge in [0, 0.05) is 13.0 Å². The monoisotopic (exact) mass is 390 g/mol. The number of carbonyl (C=O) groups is 3. The highest BCUT2D eigenvalue weighted by atomic mass is 16.6. The molecule has 0 spiro atoms. The molecule has 8 nitrogen and oxygen atoms in total. The van der Waals surface area contributed by atoms with Crippen LogP contribution in [0.15, 0.2) is 0 Å². The van der Waals surface area contributed by atoms with Crippen LogP contribution in [0.4, 0.5) is 0 Å². The Bertz CT molecular complexity index is 437. The van der Waals surface area contributed by atoms with Crippen molar-refractivity contribution >= 4 is 17.9 Å². The molecular weight excluding hydrogens is 356 g/mol. The van der Waals surface area contributed by atoms with Gasteiger partial charge >= 0.3 is 17.9 Å². The summed E-state index contributed by atoms with van der Waals surface area (Å²) in [4.78, 5) is 35.1. The number of aliphatic hydroxyl groups is 2. The average Bonchev–Trinajstić information content (AvgIpc) is 2.67. The predicted octanol–water partition coefficient (Wildman–Crippen LogP) is 1.60.